The quantitative estimate of drug-likeness (QED) is 0.795. The molecular formula is C17H20N2O4S. The molecule has 7 heteroatoms. The van der Waals surface area contributed by atoms with Crippen LogP contribution in [0.2, 0.25) is 0 Å². The van der Waals surface area contributed by atoms with E-state index in [1.54, 1.807) is 25.2 Å². The van der Waals surface area contributed by atoms with Crippen molar-refractivity contribution < 1.29 is 17.3 Å². The van der Waals surface area contributed by atoms with Gasteiger partial charge in [0.2, 0.25) is 0 Å². The van der Waals surface area contributed by atoms with Gasteiger partial charge in [0.05, 0.1) is 12.3 Å². The lowest BCUT2D eigenvalue weighted by Crippen LogP contribution is -2.18. The SMILES string of the molecule is Cn1cc(S(=O)(=O)Oc2ccc3c(c2)C(C)(C)CO3)c(C2CC2)n1. The second-order valence-corrected chi connectivity index (χ2v) is 8.71. The number of nitrogens with zero attached hydrogens (tertiary/aromatic N) is 2. The molecule has 1 fully saturated rings. The lowest BCUT2D eigenvalue weighted by atomic mass is 9.87. The van der Waals surface area contributed by atoms with Crippen molar-refractivity contribution in [3.63, 3.8) is 0 Å². The molecule has 0 unspecified atom stereocenters. The van der Waals surface area contributed by atoms with Crippen molar-refractivity contribution in [1.82, 2.24) is 9.78 Å². The fraction of sp³-hybridized carbons (Fsp3) is 0.471. The van der Waals surface area contributed by atoms with E-state index in [2.05, 4.69) is 18.9 Å². The van der Waals surface area contributed by atoms with Crippen LogP contribution in [-0.2, 0) is 22.6 Å². The van der Waals surface area contributed by atoms with Crippen molar-refractivity contribution in [2.75, 3.05) is 6.61 Å². The molecule has 0 radical (unpaired) electrons. The van der Waals surface area contributed by atoms with Crippen molar-refractivity contribution in [2.45, 2.75) is 42.9 Å². The van der Waals surface area contributed by atoms with Crippen LogP contribution in [0.3, 0.4) is 0 Å². The van der Waals surface area contributed by atoms with Gasteiger partial charge in [0, 0.05) is 30.1 Å². The molecule has 4 rings (SSSR count). The molecule has 0 bridgehead atoms. The predicted octanol–water partition coefficient (Wildman–Crippen LogP) is 2.74. The van der Waals surface area contributed by atoms with Crippen LogP contribution in [-0.4, -0.2) is 24.8 Å². The smallest absolute Gasteiger partial charge is 0.342 e. The van der Waals surface area contributed by atoms with E-state index < -0.39 is 10.1 Å². The Morgan fingerprint density at radius 1 is 1.33 bits per heavy atom. The van der Waals surface area contributed by atoms with Crippen LogP contribution < -0.4 is 8.92 Å². The summed E-state index contributed by atoms with van der Waals surface area (Å²) in [4.78, 5) is 0.170. The molecule has 2 aliphatic rings. The minimum Gasteiger partial charge on any atom is -0.492 e. The molecule has 6 nitrogen and oxygen atoms in total. The van der Waals surface area contributed by atoms with Gasteiger partial charge < -0.3 is 8.92 Å². The first-order valence-corrected chi connectivity index (χ1v) is 9.42. The van der Waals surface area contributed by atoms with Gasteiger partial charge in [-0.3, -0.25) is 4.68 Å². The highest BCUT2D eigenvalue weighted by atomic mass is 32.2. The summed E-state index contributed by atoms with van der Waals surface area (Å²) in [6.07, 6.45) is 3.47. The molecule has 2 heterocycles. The molecule has 0 N–H and O–H groups in total. The van der Waals surface area contributed by atoms with E-state index in [1.807, 2.05) is 0 Å². The van der Waals surface area contributed by atoms with Crippen molar-refractivity contribution in [2.24, 2.45) is 7.05 Å². The fourth-order valence-corrected chi connectivity index (χ4v) is 4.23. The average Bonchev–Trinajstić information content (AvgIpc) is 3.20. The van der Waals surface area contributed by atoms with Crippen LogP contribution in [0.5, 0.6) is 11.5 Å². The molecule has 128 valence electrons. The van der Waals surface area contributed by atoms with Gasteiger partial charge in [-0.15, -0.1) is 0 Å². The highest BCUT2D eigenvalue weighted by Gasteiger charge is 2.36. The Labute approximate surface area is 141 Å². The maximum atomic E-state index is 12.7. The summed E-state index contributed by atoms with van der Waals surface area (Å²) in [6, 6.07) is 5.15. The summed E-state index contributed by atoms with van der Waals surface area (Å²) in [7, 11) is -2.18. The van der Waals surface area contributed by atoms with Crippen LogP contribution in [0.4, 0.5) is 0 Å². The van der Waals surface area contributed by atoms with E-state index >= 15 is 0 Å². The number of rotatable bonds is 4. The van der Waals surface area contributed by atoms with Gasteiger partial charge >= 0.3 is 10.1 Å². The molecule has 1 aliphatic heterocycles. The number of benzene rings is 1. The first kappa shape index (κ1) is 15.5. The zero-order chi connectivity index (χ0) is 17.1. The van der Waals surface area contributed by atoms with Crippen LogP contribution in [0.25, 0.3) is 0 Å². The Hall–Kier alpha value is -2.02. The molecule has 0 atom stereocenters. The number of aromatic nitrogens is 2. The highest BCUT2D eigenvalue weighted by Crippen LogP contribution is 2.43. The lowest BCUT2D eigenvalue weighted by Gasteiger charge is -2.16. The van der Waals surface area contributed by atoms with Gasteiger partial charge in [-0.2, -0.15) is 13.5 Å². The topological polar surface area (TPSA) is 70.4 Å². The van der Waals surface area contributed by atoms with Gasteiger partial charge in [0.25, 0.3) is 0 Å². The Kier molecular flexibility index (Phi) is 3.22. The lowest BCUT2D eigenvalue weighted by molar-refractivity contribution is 0.291. The molecule has 0 amide bonds. The number of hydrogen-bond acceptors (Lipinski definition) is 5. The van der Waals surface area contributed by atoms with E-state index in [0.717, 1.165) is 24.2 Å². The molecule has 2 aromatic rings. The summed E-state index contributed by atoms with van der Waals surface area (Å²) in [5.41, 5.74) is 1.41. The summed E-state index contributed by atoms with van der Waals surface area (Å²) in [5, 5.41) is 4.30. The van der Waals surface area contributed by atoms with E-state index in [4.69, 9.17) is 8.92 Å². The minimum absolute atomic E-state index is 0.161. The number of fused-ring (bicyclic) bond motifs is 1. The summed E-state index contributed by atoms with van der Waals surface area (Å²) < 4.78 is 38.0. The molecular weight excluding hydrogens is 328 g/mol. The van der Waals surface area contributed by atoms with Crippen molar-refractivity contribution in [1.29, 1.82) is 0 Å². The summed E-state index contributed by atoms with van der Waals surface area (Å²) in [5.74, 6) is 1.31. The second-order valence-electron chi connectivity index (χ2n) is 7.19. The maximum Gasteiger partial charge on any atom is 0.342 e. The van der Waals surface area contributed by atoms with Crippen LogP contribution in [0.1, 0.15) is 43.9 Å². The van der Waals surface area contributed by atoms with E-state index in [-0.39, 0.29) is 16.2 Å². The van der Waals surface area contributed by atoms with Gasteiger partial charge in [-0.05, 0) is 31.0 Å². The van der Waals surface area contributed by atoms with Gasteiger partial charge in [-0.25, -0.2) is 0 Å². The third-order valence-corrected chi connectivity index (χ3v) is 5.80. The molecule has 1 aliphatic carbocycles. The Morgan fingerprint density at radius 3 is 2.79 bits per heavy atom. The zero-order valence-electron chi connectivity index (χ0n) is 13.9. The predicted molar refractivity (Wildman–Crippen MR) is 88.0 cm³/mol. The van der Waals surface area contributed by atoms with E-state index in [0.29, 0.717) is 18.1 Å². The van der Waals surface area contributed by atoms with Gasteiger partial charge in [0.15, 0.2) is 0 Å². The normalized spacial score (nSPS) is 19.0. The molecule has 0 spiro atoms. The van der Waals surface area contributed by atoms with E-state index in [9.17, 15) is 8.42 Å². The zero-order valence-corrected chi connectivity index (χ0v) is 14.8. The van der Waals surface area contributed by atoms with Crippen LogP contribution >= 0.6 is 0 Å². The molecule has 0 saturated heterocycles. The van der Waals surface area contributed by atoms with Gasteiger partial charge in [-0.1, -0.05) is 13.8 Å². The van der Waals surface area contributed by atoms with E-state index in [1.165, 1.54) is 10.9 Å². The largest absolute Gasteiger partial charge is 0.492 e. The molecule has 1 saturated carbocycles. The Morgan fingerprint density at radius 2 is 2.08 bits per heavy atom. The summed E-state index contributed by atoms with van der Waals surface area (Å²) in [6.45, 7) is 4.69. The van der Waals surface area contributed by atoms with Crippen molar-refractivity contribution in [3.8, 4) is 11.5 Å². The average molecular weight is 348 g/mol. The highest BCUT2D eigenvalue weighted by molar-refractivity contribution is 7.87. The number of hydrogen-bond donors (Lipinski definition) is 0. The maximum absolute atomic E-state index is 12.7. The minimum atomic E-state index is -3.91. The molecule has 1 aromatic carbocycles. The van der Waals surface area contributed by atoms with Gasteiger partial charge in [0.1, 0.15) is 16.4 Å². The second kappa shape index (κ2) is 4.99. The standard InChI is InChI=1S/C17H20N2O4S/c1-17(2)10-22-14-7-6-12(8-13(14)17)23-24(20,21)15-9-19(3)18-16(15)11-4-5-11/h6-9,11H,4-5,10H2,1-3H3. The van der Waals surface area contributed by atoms with Crippen LogP contribution in [0, 0.1) is 0 Å². The Balaban J connectivity index is 1.68. The molecule has 24 heavy (non-hydrogen) atoms. The first-order chi connectivity index (χ1) is 11.3. The third-order valence-electron chi connectivity index (χ3n) is 4.53. The fourth-order valence-electron chi connectivity index (χ4n) is 3.04. The number of aryl methyl sites for hydroxylation is 1. The van der Waals surface area contributed by atoms with Crippen molar-refractivity contribution in [3.05, 3.63) is 35.7 Å². The van der Waals surface area contributed by atoms with Crippen LogP contribution in [0.15, 0.2) is 29.3 Å². The Bertz CT molecular complexity index is 911. The first-order valence-electron chi connectivity index (χ1n) is 8.02. The third kappa shape index (κ3) is 2.56. The monoisotopic (exact) mass is 348 g/mol. The number of ether oxygens (including phenoxy) is 1. The molecule has 1 aromatic heterocycles. The summed E-state index contributed by atoms with van der Waals surface area (Å²) >= 11 is 0. The van der Waals surface area contributed by atoms with Crippen molar-refractivity contribution >= 4 is 10.1 Å².